The highest BCUT2D eigenvalue weighted by Crippen LogP contribution is 2.54. The molecular formula is C51H35N. The summed E-state index contributed by atoms with van der Waals surface area (Å²) in [5.41, 5.74) is 14.4. The van der Waals surface area contributed by atoms with E-state index in [1.165, 1.54) is 44.5 Å². The summed E-state index contributed by atoms with van der Waals surface area (Å²) in [6.07, 6.45) is 0. The van der Waals surface area contributed by atoms with Crippen molar-refractivity contribution in [2.24, 2.45) is 0 Å². The van der Waals surface area contributed by atoms with Gasteiger partial charge in [-0.2, -0.15) is 0 Å². The average Bonchev–Trinajstić information content (AvgIpc) is 3.51. The number of benzene rings is 8. The molecule has 0 saturated heterocycles. The molecule has 0 aromatic heterocycles. The van der Waals surface area contributed by atoms with Gasteiger partial charge in [-0.1, -0.05) is 176 Å². The van der Waals surface area contributed by atoms with E-state index in [9.17, 15) is 0 Å². The molecule has 0 bridgehead atoms. The molecule has 1 heteroatoms. The van der Waals surface area contributed by atoms with Crippen LogP contribution in [0.25, 0.3) is 33.4 Å². The van der Waals surface area contributed by atoms with Crippen LogP contribution in [-0.4, -0.2) is 0 Å². The van der Waals surface area contributed by atoms with E-state index in [1.54, 1.807) is 0 Å². The van der Waals surface area contributed by atoms with E-state index < -0.39 is 5.41 Å². The van der Waals surface area contributed by atoms with Crippen LogP contribution in [0.4, 0.5) is 17.1 Å². The smallest absolute Gasteiger partial charge is 0.108 e. The molecule has 1 aliphatic rings. The number of rotatable bonds is 6. The third kappa shape index (κ3) is 5.58. The van der Waals surface area contributed by atoms with Gasteiger partial charge in [-0.3, -0.25) is 0 Å². The first-order chi connectivity index (χ1) is 25.8. The van der Waals surface area contributed by atoms with Gasteiger partial charge in [0.1, 0.15) is 5.41 Å². The van der Waals surface area contributed by atoms with E-state index >= 15 is 0 Å². The second-order valence-corrected chi connectivity index (χ2v) is 13.2. The summed E-state index contributed by atoms with van der Waals surface area (Å²) in [4.78, 5) is 2.35. The second kappa shape index (κ2) is 13.4. The van der Waals surface area contributed by atoms with Gasteiger partial charge in [0, 0.05) is 22.6 Å². The number of hydrogen-bond acceptors (Lipinski definition) is 1. The van der Waals surface area contributed by atoms with E-state index in [4.69, 9.17) is 0 Å². The van der Waals surface area contributed by atoms with Crippen LogP contribution >= 0.6 is 0 Å². The van der Waals surface area contributed by atoms with Crippen LogP contribution in [0.5, 0.6) is 0 Å². The molecule has 52 heavy (non-hydrogen) atoms. The minimum Gasteiger partial charge on any atom is -0.310 e. The zero-order valence-electron chi connectivity index (χ0n) is 28.7. The molecule has 0 amide bonds. The second-order valence-electron chi connectivity index (χ2n) is 13.2. The Hall–Kier alpha value is -6.88. The Labute approximate surface area is 306 Å². The van der Waals surface area contributed by atoms with Crippen molar-refractivity contribution >= 4 is 17.1 Å². The maximum Gasteiger partial charge on any atom is 0.108 e. The van der Waals surface area contributed by atoms with E-state index in [-0.39, 0.29) is 0 Å². The molecule has 0 radical (unpaired) electrons. The first kappa shape index (κ1) is 31.1. The molecule has 1 unspecified atom stereocenters. The molecule has 0 N–H and O–H groups in total. The predicted molar refractivity (Wildman–Crippen MR) is 217 cm³/mol. The van der Waals surface area contributed by atoms with Crippen molar-refractivity contribution in [2.45, 2.75) is 5.41 Å². The Bertz CT molecular complexity index is 2530. The fourth-order valence-electron chi connectivity index (χ4n) is 7.61. The summed E-state index contributed by atoms with van der Waals surface area (Å²) in [7, 11) is 0. The van der Waals surface area contributed by atoms with Gasteiger partial charge < -0.3 is 4.90 Å². The lowest BCUT2D eigenvalue weighted by atomic mass is 9.72. The fraction of sp³-hybridized carbons (Fsp3) is 0.0196. The SMILES string of the molecule is C(#CC1(c2ccccc2)c2ccccc2-c2ccc(N(c3ccccc3)c3ccc(-c4ccccc4)cc3)cc21)c1ccc(-c2ccccc2)cc1. The fourth-order valence-corrected chi connectivity index (χ4v) is 7.61. The minimum absolute atomic E-state index is 0.680. The molecule has 0 heterocycles. The van der Waals surface area contributed by atoms with E-state index in [0.717, 1.165) is 28.2 Å². The van der Waals surface area contributed by atoms with E-state index in [2.05, 4.69) is 229 Å². The number of fused-ring (bicyclic) bond motifs is 3. The van der Waals surface area contributed by atoms with E-state index in [0.29, 0.717) is 0 Å². The van der Waals surface area contributed by atoms with Crippen LogP contribution in [0, 0.1) is 11.8 Å². The van der Waals surface area contributed by atoms with Crippen molar-refractivity contribution in [3.8, 4) is 45.2 Å². The van der Waals surface area contributed by atoms with Crippen molar-refractivity contribution in [1.82, 2.24) is 0 Å². The standard InChI is InChI=1S/C51H35N/c1-5-15-39(16-6-1)41-27-25-38(26-28-41)35-36-51(43-19-9-3-10-20-43)49-24-14-13-23-47(49)48-34-33-46(37-50(48)51)52(44-21-11-4-12-22-44)45-31-29-42(30-32-45)40-17-7-2-8-18-40/h1-34,37H. The Morgan fingerprint density at radius 1 is 0.346 bits per heavy atom. The molecule has 0 fully saturated rings. The molecule has 0 aliphatic heterocycles. The number of anilines is 3. The first-order valence-corrected chi connectivity index (χ1v) is 17.8. The summed E-state index contributed by atoms with van der Waals surface area (Å²) in [5, 5.41) is 0. The molecule has 9 rings (SSSR count). The van der Waals surface area contributed by atoms with Gasteiger partial charge in [-0.05, 0) is 98.6 Å². The molecule has 244 valence electrons. The maximum atomic E-state index is 3.90. The highest BCUT2D eigenvalue weighted by atomic mass is 15.1. The lowest BCUT2D eigenvalue weighted by Gasteiger charge is -2.30. The zero-order chi connectivity index (χ0) is 34.7. The third-order valence-electron chi connectivity index (χ3n) is 10.1. The van der Waals surface area contributed by atoms with Crippen LogP contribution in [0.15, 0.2) is 212 Å². The first-order valence-electron chi connectivity index (χ1n) is 17.8. The average molecular weight is 662 g/mol. The molecule has 0 spiro atoms. The minimum atomic E-state index is -0.680. The lowest BCUT2D eigenvalue weighted by molar-refractivity contribution is 0.837. The van der Waals surface area contributed by atoms with Crippen molar-refractivity contribution in [1.29, 1.82) is 0 Å². The van der Waals surface area contributed by atoms with Crippen LogP contribution in [0.1, 0.15) is 22.3 Å². The highest BCUT2D eigenvalue weighted by Gasteiger charge is 2.44. The van der Waals surface area contributed by atoms with Crippen molar-refractivity contribution in [2.75, 3.05) is 4.90 Å². The quantitative estimate of drug-likeness (QED) is 0.160. The Morgan fingerprint density at radius 3 is 1.44 bits per heavy atom. The van der Waals surface area contributed by atoms with Crippen molar-refractivity contribution in [3.05, 3.63) is 235 Å². The number of hydrogen-bond donors (Lipinski definition) is 0. The van der Waals surface area contributed by atoms with Crippen molar-refractivity contribution < 1.29 is 0 Å². The monoisotopic (exact) mass is 661 g/mol. The van der Waals surface area contributed by atoms with Gasteiger partial charge >= 0.3 is 0 Å². The molecule has 8 aromatic carbocycles. The number of para-hydroxylation sites is 1. The van der Waals surface area contributed by atoms with Gasteiger partial charge in [0.15, 0.2) is 0 Å². The molecule has 0 saturated carbocycles. The summed E-state index contributed by atoms with van der Waals surface area (Å²) in [6.45, 7) is 0. The topological polar surface area (TPSA) is 3.24 Å². The van der Waals surface area contributed by atoms with Gasteiger partial charge in [-0.25, -0.2) is 0 Å². The normalized spacial score (nSPS) is 14.1. The largest absolute Gasteiger partial charge is 0.310 e. The molecular weight excluding hydrogens is 627 g/mol. The third-order valence-corrected chi connectivity index (χ3v) is 10.1. The van der Waals surface area contributed by atoms with Crippen molar-refractivity contribution in [3.63, 3.8) is 0 Å². The number of nitrogens with zero attached hydrogens (tertiary/aromatic N) is 1. The van der Waals surface area contributed by atoms with Crippen LogP contribution < -0.4 is 4.90 Å². The Balaban J connectivity index is 1.21. The van der Waals surface area contributed by atoms with Crippen LogP contribution in [0.3, 0.4) is 0 Å². The molecule has 1 aliphatic carbocycles. The maximum absolute atomic E-state index is 3.90. The lowest BCUT2D eigenvalue weighted by Crippen LogP contribution is -2.25. The summed E-state index contributed by atoms with van der Waals surface area (Å²) in [5.74, 6) is 7.56. The van der Waals surface area contributed by atoms with E-state index in [1.807, 2.05) is 0 Å². The molecule has 1 atom stereocenters. The summed E-state index contributed by atoms with van der Waals surface area (Å²) >= 11 is 0. The van der Waals surface area contributed by atoms with Gasteiger partial charge in [0.2, 0.25) is 0 Å². The Morgan fingerprint density at radius 2 is 0.808 bits per heavy atom. The van der Waals surface area contributed by atoms with Gasteiger partial charge in [0.25, 0.3) is 0 Å². The van der Waals surface area contributed by atoms with Gasteiger partial charge in [0.05, 0.1) is 0 Å². The summed E-state index contributed by atoms with van der Waals surface area (Å²) in [6, 6.07) is 75.7. The predicted octanol–water partition coefficient (Wildman–Crippen LogP) is 12.9. The van der Waals surface area contributed by atoms with Crippen LogP contribution in [0.2, 0.25) is 0 Å². The summed E-state index contributed by atoms with van der Waals surface area (Å²) < 4.78 is 0. The zero-order valence-corrected chi connectivity index (χ0v) is 28.7. The Kier molecular flexibility index (Phi) is 8.05. The highest BCUT2D eigenvalue weighted by molar-refractivity contribution is 5.89. The van der Waals surface area contributed by atoms with Gasteiger partial charge in [-0.15, -0.1) is 0 Å². The van der Waals surface area contributed by atoms with Crippen LogP contribution in [-0.2, 0) is 5.41 Å². The molecule has 8 aromatic rings. The molecule has 1 nitrogen and oxygen atoms in total.